The molecule has 1 aromatic carbocycles. The Kier molecular flexibility index (Phi) is 3.85. The average molecular weight is 348 g/mol. The number of nitrogens with zero attached hydrogens (tertiary/aromatic N) is 4. The molecule has 1 amide bonds. The van der Waals surface area contributed by atoms with E-state index < -0.39 is 5.91 Å². The van der Waals surface area contributed by atoms with E-state index in [1.165, 1.54) is 0 Å². The Labute approximate surface area is 148 Å². The van der Waals surface area contributed by atoms with E-state index in [0.29, 0.717) is 17.2 Å². The lowest BCUT2D eigenvalue weighted by Gasteiger charge is -2.08. The summed E-state index contributed by atoms with van der Waals surface area (Å²) >= 11 is 0. The van der Waals surface area contributed by atoms with E-state index in [-0.39, 0.29) is 6.61 Å². The van der Waals surface area contributed by atoms with Gasteiger partial charge in [0.2, 0.25) is 0 Å². The fourth-order valence-electron chi connectivity index (χ4n) is 2.78. The molecular weight excluding hydrogens is 332 g/mol. The Morgan fingerprint density at radius 2 is 2.12 bits per heavy atom. The number of ether oxygens (including phenoxy) is 1. The number of carbonyl (C=O) groups is 1. The number of H-pyrrole nitrogens is 1. The van der Waals surface area contributed by atoms with Crippen LogP contribution < -0.4 is 10.5 Å². The number of aromatic nitrogens is 5. The van der Waals surface area contributed by atoms with Gasteiger partial charge in [0.1, 0.15) is 22.8 Å². The van der Waals surface area contributed by atoms with Crippen LogP contribution in [0.25, 0.3) is 33.8 Å². The molecule has 130 valence electrons. The molecule has 8 heteroatoms. The lowest BCUT2D eigenvalue weighted by molar-refractivity contribution is -0.119. The number of nitrogens with one attached hydrogen (secondary N) is 1. The van der Waals surface area contributed by atoms with Gasteiger partial charge in [-0.05, 0) is 24.3 Å². The fraction of sp³-hybridized carbons (Fsp3) is 0.111. The van der Waals surface area contributed by atoms with Gasteiger partial charge < -0.3 is 15.5 Å². The first-order chi connectivity index (χ1) is 12.6. The number of rotatable bonds is 5. The minimum absolute atomic E-state index is 0.195. The Morgan fingerprint density at radius 3 is 2.88 bits per heavy atom. The maximum absolute atomic E-state index is 11.0. The van der Waals surface area contributed by atoms with Crippen LogP contribution >= 0.6 is 0 Å². The Hall–Kier alpha value is -3.68. The van der Waals surface area contributed by atoms with Crippen LogP contribution in [0.3, 0.4) is 0 Å². The van der Waals surface area contributed by atoms with E-state index in [4.69, 9.17) is 10.5 Å². The van der Waals surface area contributed by atoms with E-state index in [2.05, 4.69) is 20.1 Å². The van der Waals surface area contributed by atoms with Crippen LogP contribution in [-0.4, -0.2) is 37.2 Å². The van der Waals surface area contributed by atoms with Crippen LogP contribution in [-0.2, 0) is 11.8 Å². The predicted molar refractivity (Wildman–Crippen MR) is 96.2 cm³/mol. The second-order valence-corrected chi connectivity index (χ2v) is 5.75. The number of para-hydroxylation sites is 1. The lowest BCUT2D eigenvalue weighted by Crippen LogP contribution is -2.20. The molecule has 0 atom stereocenters. The topological polar surface area (TPSA) is 112 Å². The molecule has 0 saturated heterocycles. The molecule has 4 aromatic rings. The number of amides is 1. The largest absolute Gasteiger partial charge is 0.483 e. The van der Waals surface area contributed by atoms with Crippen LogP contribution in [0.2, 0.25) is 0 Å². The van der Waals surface area contributed by atoms with Gasteiger partial charge in [-0.3, -0.25) is 9.78 Å². The van der Waals surface area contributed by atoms with Crippen molar-refractivity contribution in [3.63, 3.8) is 0 Å². The van der Waals surface area contributed by atoms with Crippen LogP contribution in [0.4, 0.5) is 0 Å². The molecule has 8 nitrogen and oxygen atoms in total. The summed E-state index contributed by atoms with van der Waals surface area (Å²) < 4.78 is 7.22. The number of carbonyl (C=O) groups excluding carboxylic acids is 1. The number of imidazole rings is 1. The third kappa shape index (κ3) is 2.77. The van der Waals surface area contributed by atoms with Gasteiger partial charge in [-0.1, -0.05) is 12.1 Å². The number of aryl methyl sites for hydroxylation is 1. The van der Waals surface area contributed by atoms with Crippen molar-refractivity contribution in [2.75, 3.05) is 6.61 Å². The lowest BCUT2D eigenvalue weighted by atomic mass is 10.2. The van der Waals surface area contributed by atoms with Crippen molar-refractivity contribution in [2.45, 2.75) is 0 Å². The molecule has 0 aliphatic heterocycles. The number of nitrogens with two attached hydrogens (primary N) is 1. The zero-order valence-electron chi connectivity index (χ0n) is 14.0. The maximum Gasteiger partial charge on any atom is 0.255 e. The summed E-state index contributed by atoms with van der Waals surface area (Å²) in [6.45, 7) is -0.195. The van der Waals surface area contributed by atoms with Crippen molar-refractivity contribution in [2.24, 2.45) is 12.8 Å². The quantitative estimate of drug-likeness (QED) is 0.572. The summed E-state index contributed by atoms with van der Waals surface area (Å²) in [5.41, 5.74) is 9.09. The summed E-state index contributed by atoms with van der Waals surface area (Å²) in [5, 5.41) is 4.53. The molecule has 0 bridgehead atoms. The van der Waals surface area contributed by atoms with E-state index in [1.807, 2.05) is 37.4 Å². The third-order valence-corrected chi connectivity index (χ3v) is 3.93. The Bertz CT molecular complexity index is 1080. The summed E-state index contributed by atoms with van der Waals surface area (Å²) in [7, 11) is 1.84. The van der Waals surface area contributed by atoms with Crippen molar-refractivity contribution >= 4 is 17.1 Å². The number of hydrogen-bond donors (Lipinski definition) is 2. The summed E-state index contributed by atoms with van der Waals surface area (Å²) in [5.74, 6) is 0.618. The standard InChI is InChI=1S/C18H16N6O2/c1-24-18-16(15(23-24)11-5-4-8-20-9-11)21-17(22-18)12-6-2-3-7-13(12)26-10-14(19)25/h2-9H,10H2,1H3,(H2,19,25)(H,21,22). The minimum Gasteiger partial charge on any atom is -0.483 e. The molecule has 26 heavy (non-hydrogen) atoms. The van der Waals surface area contributed by atoms with E-state index in [0.717, 1.165) is 22.3 Å². The first-order valence-electron chi connectivity index (χ1n) is 7.97. The molecule has 3 aromatic heterocycles. The normalized spacial score (nSPS) is 11.0. The Balaban J connectivity index is 1.81. The summed E-state index contributed by atoms with van der Waals surface area (Å²) in [6, 6.07) is 11.1. The first kappa shape index (κ1) is 15.8. The van der Waals surface area contributed by atoms with Crippen molar-refractivity contribution in [1.82, 2.24) is 24.7 Å². The van der Waals surface area contributed by atoms with Crippen LogP contribution in [0.5, 0.6) is 5.75 Å². The molecule has 0 fully saturated rings. The number of pyridine rings is 1. The second kappa shape index (κ2) is 6.32. The van der Waals surface area contributed by atoms with Crippen molar-refractivity contribution < 1.29 is 9.53 Å². The highest BCUT2D eigenvalue weighted by Gasteiger charge is 2.18. The molecule has 0 spiro atoms. The number of primary amides is 1. The van der Waals surface area contributed by atoms with Crippen LogP contribution in [0.1, 0.15) is 0 Å². The highest BCUT2D eigenvalue weighted by atomic mass is 16.5. The molecule has 0 aliphatic carbocycles. The first-order valence-corrected chi connectivity index (χ1v) is 7.97. The monoisotopic (exact) mass is 348 g/mol. The molecule has 0 aliphatic rings. The minimum atomic E-state index is -0.535. The average Bonchev–Trinajstić information content (AvgIpc) is 3.22. The van der Waals surface area contributed by atoms with Gasteiger partial charge in [0.15, 0.2) is 12.3 Å². The molecular formula is C18H16N6O2. The smallest absolute Gasteiger partial charge is 0.255 e. The number of fused-ring (bicyclic) bond motifs is 1. The van der Waals surface area contributed by atoms with Crippen LogP contribution in [0.15, 0.2) is 48.8 Å². The Morgan fingerprint density at radius 1 is 1.27 bits per heavy atom. The van der Waals surface area contributed by atoms with Gasteiger partial charge in [-0.25, -0.2) is 9.67 Å². The fourth-order valence-corrected chi connectivity index (χ4v) is 2.78. The van der Waals surface area contributed by atoms with Gasteiger partial charge >= 0.3 is 0 Å². The summed E-state index contributed by atoms with van der Waals surface area (Å²) in [6.07, 6.45) is 3.47. The van der Waals surface area contributed by atoms with Gasteiger partial charge in [-0.15, -0.1) is 0 Å². The molecule has 0 unspecified atom stereocenters. The third-order valence-electron chi connectivity index (χ3n) is 3.93. The highest BCUT2D eigenvalue weighted by molar-refractivity contribution is 5.90. The predicted octanol–water partition coefficient (Wildman–Crippen LogP) is 1.89. The van der Waals surface area contributed by atoms with Crippen LogP contribution in [0, 0.1) is 0 Å². The van der Waals surface area contributed by atoms with E-state index in [1.54, 1.807) is 23.1 Å². The second-order valence-electron chi connectivity index (χ2n) is 5.75. The zero-order valence-corrected chi connectivity index (χ0v) is 14.0. The van der Waals surface area contributed by atoms with E-state index >= 15 is 0 Å². The van der Waals surface area contributed by atoms with Crippen molar-refractivity contribution in [3.8, 4) is 28.4 Å². The molecule has 3 heterocycles. The number of aromatic amines is 1. The highest BCUT2D eigenvalue weighted by Crippen LogP contribution is 2.32. The van der Waals surface area contributed by atoms with Crippen molar-refractivity contribution in [3.05, 3.63) is 48.8 Å². The molecule has 4 rings (SSSR count). The van der Waals surface area contributed by atoms with E-state index in [9.17, 15) is 4.79 Å². The van der Waals surface area contributed by atoms with Gasteiger partial charge in [0.25, 0.3) is 5.91 Å². The summed E-state index contributed by atoms with van der Waals surface area (Å²) in [4.78, 5) is 23.1. The van der Waals surface area contributed by atoms with Crippen molar-refractivity contribution in [1.29, 1.82) is 0 Å². The molecule has 3 N–H and O–H groups in total. The number of hydrogen-bond acceptors (Lipinski definition) is 5. The zero-order chi connectivity index (χ0) is 18.1. The molecule has 0 saturated carbocycles. The maximum atomic E-state index is 11.0. The number of benzene rings is 1. The van der Waals surface area contributed by atoms with Gasteiger partial charge in [-0.2, -0.15) is 5.10 Å². The van der Waals surface area contributed by atoms with Gasteiger partial charge in [0, 0.05) is 25.0 Å². The SMILES string of the molecule is Cn1nc(-c2cccnc2)c2[nH]c(-c3ccccc3OCC(N)=O)nc21. The van der Waals surface area contributed by atoms with Gasteiger partial charge in [0.05, 0.1) is 5.56 Å². The molecule has 0 radical (unpaired) electrons.